The minimum atomic E-state index is -4.43. The summed E-state index contributed by atoms with van der Waals surface area (Å²) in [5.41, 5.74) is 5.53. The number of methoxy groups -OCH3 is 1. The molecule has 0 unspecified atom stereocenters. The van der Waals surface area contributed by atoms with Gasteiger partial charge in [0.15, 0.2) is 6.34 Å². The van der Waals surface area contributed by atoms with Crippen molar-refractivity contribution in [3.05, 3.63) is 35.7 Å². The van der Waals surface area contributed by atoms with E-state index in [2.05, 4.69) is 36.3 Å². The number of carboxylic acid groups (broad SMARTS) is 1. The lowest BCUT2D eigenvalue weighted by Gasteiger charge is -2.10. The number of urea groups is 1. The van der Waals surface area contributed by atoms with Crippen molar-refractivity contribution < 1.29 is 27.9 Å². The average Bonchev–Trinajstić information content (AvgIpc) is 2.68. The van der Waals surface area contributed by atoms with Crippen LogP contribution >= 0.6 is 0 Å². The Balaban J connectivity index is 0.000000804. The fourth-order valence-corrected chi connectivity index (χ4v) is 2.93. The predicted molar refractivity (Wildman–Crippen MR) is 102 cm³/mol. The molecule has 1 aromatic heterocycles. The second-order valence-corrected chi connectivity index (χ2v) is 6.60. The standard InChI is InChI=1S/C13H13N5O6S.CH4N4/c1-7-14-11(17-13(15-7)24-2)16-12(21)18-25(22,23)9-6-4-3-5-8(9)10(19)20;2-4-1-5-3/h3-6H,1-2H3,(H,19,20)(H2,14,15,16,17,18,21);1-2H,3H2/b;4-2?,5-1+. The maximum absolute atomic E-state index is 12.2. The molecule has 0 aliphatic carbocycles. The van der Waals surface area contributed by atoms with E-state index in [4.69, 9.17) is 15.4 Å². The first kappa shape index (κ1) is 23.8. The van der Waals surface area contributed by atoms with Crippen LogP contribution in [0.2, 0.25) is 0 Å². The zero-order valence-electron chi connectivity index (χ0n) is 15.6. The number of amides is 2. The van der Waals surface area contributed by atoms with E-state index in [1.54, 1.807) is 4.72 Å². The third-order valence-corrected chi connectivity index (χ3v) is 4.28. The summed E-state index contributed by atoms with van der Waals surface area (Å²) in [4.78, 5) is 33.8. The number of anilines is 1. The number of hydrogen-bond acceptors (Lipinski definition) is 11. The molecule has 0 fully saturated rings. The van der Waals surface area contributed by atoms with Gasteiger partial charge < -0.3 is 15.7 Å². The number of nitrogens with two attached hydrogens (primary N) is 1. The Morgan fingerprint density at radius 3 is 2.47 bits per heavy atom. The summed E-state index contributed by atoms with van der Waals surface area (Å²) < 4.78 is 31.0. The summed E-state index contributed by atoms with van der Waals surface area (Å²) >= 11 is 0. The Hall–Kier alpha value is -4.21. The van der Waals surface area contributed by atoms with Gasteiger partial charge in [0.2, 0.25) is 5.95 Å². The van der Waals surface area contributed by atoms with Crippen LogP contribution in [0.15, 0.2) is 39.4 Å². The number of rotatable bonds is 6. The van der Waals surface area contributed by atoms with Crippen LogP contribution < -0.4 is 20.6 Å². The molecular weight excluding hydrogens is 422 g/mol. The van der Waals surface area contributed by atoms with Gasteiger partial charge in [-0.25, -0.2) is 28.3 Å². The van der Waals surface area contributed by atoms with E-state index in [9.17, 15) is 18.0 Å². The van der Waals surface area contributed by atoms with Gasteiger partial charge in [-0.05, 0) is 19.1 Å². The Morgan fingerprint density at radius 1 is 1.27 bits per heavy atom. The second-order valence-electron chi connectivity index (χ2n) is 4.95. The summed E-state index contributed by atoms with van der Waals surface area (Å²) in [5, 5.41) is 16.7. The monoisotopic (exact) mass is 439 g/mol. The second kappa shape index (κ2) is 11.0. The fraction of sp³-hybridized carbons (Fsp3) is 0.143. The summed E-state index contributed by atoms with van der Waals surface area (Å²) in [6.45, 7) is 1.52. The highest BCUT2D eigenvalue weighted by molar-refractivity contribution is 7.90. The molecule has 2 rings (SSSR count). The van der Waals surface area contributed by atoms with E-state index in [-0.39, 0.29) is 17.8 Å². The predicted octanol–water partition coefficient (Wildman–Crippen LogP) is 0.317. The molecule has 0 spiro atoms. The number of carbonyl (C=O) groups is 2. The van der Waals surface area contributed by atoms with Crippen LogP contribution in [0.1, 0.15) is 16.2 Å². The minimum absolute atomic E-state index is 0.0677. The van der Waals surface area contributed by atoms with Crippen molar-refractivity contribution in [1.29, 1.82) is 5.53 Å². The van der Waals surface area contributed by atoms with Gasteiger partial charge in [-0.3, -0.25) is 5.32 Å². The highest BCUT2D eigenvalue weighted by Gasteiger charge is 2.24. The number of ether oxygens (including phenoxy) is 1. The Labute approximate surface area is 170 Å². The fourth-order valence-electron chi connectivity index (χ4n) is 1.82. The van der Waals surface area contributed by atoms with E-state index < -0.39 is 32.5 Å². The molecule has 0 aliphatic heterocycles. The first-order chi connectivity index (χ1) is 14.1. The first-order valence-corrected chi connectivity index (χ1v) is 9.14. The van der Waals surface area contributed by atoms with Crippen LogP contribution in [0.5, 0.6) is 6.01 Å². The lowest BCUT2D eigenvalue weighted by atomic mass is 10.2. The first-order valence-electron chi connectivity index (χ1n) is 7.65. The van der Waals surface area contributed by atoms with Crippen LogP contribution in [0.4, 0.5) is 10.7 Å². The summed E-state index contributed by atoms with van der Waals surface area (Å²) in [6.07, 6.45) is 0.944. The zero-order valence-corrected chi connectivity index (χ0v) is 16.4. The smallest absolute Gasteiger partial charge is 0.337 e. The van der Waals surface area contributed by atoms with Crippen LogP contribution in [0, 0.1) is 12.5 Å². The molecule has 0 aliphatic rings. The van der Waals surface area contributed by atoms with Crippen molar-refractivity contribution in [2.24, 2.45) is 16.1 Å². The number of carbonyl (C=O) groups excluding carboxylic acids is 1. The highest BCUT2D eigenvalue weighted by Crippen LogP contribution is 2.15. The number of aromatic carboxylic acids is 1. The summed E-state index contributed by atoms with van der Waals surface area (Å²) in [6, 6.07) is 3.63. The maximum atomic E-state index is 12.2. The van der Waals surface area contributed by atoms with Gasteiger partial charge in [0.05, 0.1) is 12.7 Å². The van der Waals surface area contributed by atoms with Crippen molar-refractivity contribution in [3.8, 4) is 6.01 Å². The van der Waals surface area contributed by atoms with Gasteiger partial charge in [0.25, 0.3) is 10.0 Å². The molecule has 0 radical (unpaired) electrons. The molecule has 0 bridgehead atoms. The molecule has 30 heavy (non-hydrogen) atoms. The number of sulfonamides is 1. The Morgan fingerprint density at radius 2 is 1.93 bits per heavy atom. The molecule has 16 heteroatoms. The van der Waals surface area contributed by atoms with Gasteiger partial charge in [0.1, 0.15) is 10.7 Å². The number of nitrogens with one attached hydrogen (secondary N) is 3. The lowest BCUT2D eigenvalue weighted by Crippen LogP contribution is -2.35. The molecule has 6 N–H and O–H groups in total. The van der Waals surface area contributed by atoms with Gasteiger partial charge >= 0.3 is 18.0 Å². The normalized spacial score (nSPS) is 10.5. The molecule has 15 nitrogen and oxygen atoms in total. The molecule has 0 saturated carbocycles. The van der Waals surface area contributed by atoms with Crippen molar-refractivity contribution >= 4 is 34.3 Å². The number of aromatic nitrogens is 3. The molecule has 160 valence electrons. The van der Waals surface area contributed by atoms with Crippen LogP contribution in [-0.2, 0) is 10.0 Å². The van der Waals surface area contributed by atoms with Gasteiger partial charge in [0, 0.05) is 0 Å². The van der Waals surface area contributed by atoms with Gasteiger partial charge in [-0.15, -0.1) is 5.11 Å². The number of benzene rings is 1. The quantitative estimate of drug-likeness (QED) is 0.136. The molecule has 1 heterocycles. The van der Waals surface area contributed by atoms with Crippen molar-refractivity contribution in [3.63, 3.8) is 0 Å². The topological polar surface area (TPSA) is 235 Å². The van der Waals surface area contributed by atoms with E-state index in [1.165, 1.54) is 26.2 Å². The van der Waals surface area contributed by atoms with Crippen LogP contribution in [0.3, 0.4) is 0 Å². The summed E-state index contributed by atoms with van der Waals surface area (Å²) in [7, 11) is -3.11. The number of hydrogen-bond donors (Lipinski definition) is 5. The number of aryl methyl sites for hydroxylation is 1. The zero-order chi connectivity index (χ0) is 22.7. The third-order valence-electron chi connectivity index (χ3n) is 2.89. The molecule has 0 atom stereocenters. The van der Waals surface area contributed by atoms with Crippen LogP contribution in [0.25, 0.3) is 0 Å². The van der Waals surface area contributed by atoms with Crippen molar-refractivity contribution in [2.45, 2.75) is 11.8 Å². The van der Waals surface area contributed by atoms with E-state index >= 15 is 0 Å². The van der Waals surface area contributed by atoms with E-state index in [0.29, 0.717) is 0 Å². The number of carboxylic acids is 1. The van der Waals surface area contributed by atoms with E-state index in [0.717, 1.165) is 18.5 Å². The maximum Gasteiger partial charge on any atom is 0.337 e. The van der Waals surface area contributed by atoms with Crippen molar-refractivity contribution in [2.75, 3.05) is 12.4 Å². The highest BCUT2D eigenvalue weighted by atomic mass is 32.2. The molecule has 1 aromatic carbocycles. The lowest BCUT2D eigenvalue weighted by molar-refractivity contribution is 0.0692. The number of nitrogens with zero attached hydrogens (tertiary/aromatic N) is 5. The Kier molecular flexibility index (Phi) is 8.70. The van der Waals surface area contributed by atoms with Gasteiger partial charge in [-0.1, -0.05) is 12.1 Å². The van der Waals surface area contributed by atoms with E-state index in [1.807, 2.05) is 0 Å². The number of hydrazone groups is 1. The largest absolute Gasteiger partial charge is 0.478 e. The average molecular weight is 439 g/mol. The molecule has 2 amide bonds. The van der Waals surface area contributed by atoms with Crippen molar-refractivity contribution in [1.82, 2.24) is 19.7 Å². The minimum Gasteiger partial charge on any atom is -0.478 e. The summed E-state index contributed by atoms with van der Waals surface area (Å²) in [5.74, 6) is 3.05. The molecule has 2 aromatic rings. The van der Waals surface area contributed by atoms with Gasteiger partial charge in [-0.2, -0.15) is 20.1 Å². The third kappa shape index (κ3) is 7.08. The SMILES string of the molecule is COc1nc(C)nc(NC(=O)NS(=O)(=O)c2ccccc2C(=O)O)n1.N=N/C=N/N. The molecular formula is C14H17N9O6S. The van der Waals surface area contributed by atoms with Crippen LogP contribution in [-0.4, -0.2) is 53.9 Å². The Bertz CT molecular complexity index is 1060. The molecule has 0 saturated heterocycles.